The van der Waals surface area contributed by atoms with Crippen LogP contribution in [0.25, 0.3) is 10.8 Å². The van der Waals surface area contributed by atoms with E-state index in [1.165, 1.54) is 21.9 Å². The van der Waals surface area contributed by atoms with Crippen LogP contribution in [0.2, 0.25) is 0 Å². The molecule has 0 spiro atoms. The SMILES string of the molecule is COc1cc2ccc3c(c2cc1OC)CN(C)CC3. The van der Waals surface area contributed by atoms with E-state index in [2.05, 4.69) is 36.2 Å². The molecule has 0 unspecified atom stereocenters. The zero-order chi connectivity index (χ0) is 13.4. The fourth-order valence-electron chi connectivity index (χ4n) is 2.84. The molecule has 0 radical (unpaired) electrons. The number of fused-ring (bicyclic) bond motifs is 3. The summed E-state index contributed by atoms with van der Waals surface area (Å²) in [4.78, 5) is 2.36. The molecule has 100 valence electrons. The van der Waals surface area contributed by atoms with Crippen molar-refractivity contribution < 1.29 is 9.47 Å². The summed E-state index contributed by atoms with van der Waals surface area (Å²) in [5.41, 5.74) is 2.88. The monoisotopic (exact) mass is 257 g/mol. The van der Waals surface area contributed by atoms with E-state index in [-0.39, 0.29) is 0 Å². The summed E-state index contributed by atoms with van der Waals surface area (Å²) >= 11 is 0. The minimum Gasteiger partial charge on any atom is -0.493 e. The van der Waals surface area contributed by atoms with Crippen molar-refractivity contribution in [1.82, 2.24) is 4.90 Å². The first kappa shape index (κ1) is 12.3. The van der Waals surface area contributed by atoms with Gasteiger partial charge >= 0.3 is 0 Å². The molecule has 3 heteroatoms. The topological polar surface area (TPSA) is 21.7 Å². The zero-order valence-corrected chi connectivity index (χ0v) is 11.7. The molecule has 1 aliphatic rings. The van der Waals surface area contributed by atoms with Gasteiger partial charge in [-0.15, -0.1) is 0 Å². The first-order valence-electron chi connectivity index (χ1n) is 6.58. The normalized spacial score (nSPS) is 15.3. The number of hydrogen-bond acceptors (Lipinski definition) is 3. The molecule has 0 saturated carbocycles. The highest BCUT2D eigenvalue weighted by Gasteiger charge is 2.17. The standard InChI is InChI=1S/C16H19NO2/c1-17-7-6-11-4-5-12-8-15(18-2)16(19-3)9-13(12)14(11)10-17/h4-5,8-9H,6-7,10H2,1-3H3. The van der Waals surface area contributed by atoms with Crippen LogP contribution in [0.1, 0.15) is 11.1 Å². The minimum absolute atomic E-state index is 0.791. The lowest BCUT2D eigenvalue weighted by molar-refractivity contribution is 0.314. The molecule has 3 nitrogen and oxygen atoms in total. The smallest absolute Gasteiger partial charge is 0.161 e. The van der Waals surface area contributed by atoms with Crippen molar-refractivity contribution in [2.24, 2.45) is 0 Å². The van der Waals surface area contributed by atoms with Crippen molar-refractivity contribution in [3.05, 3.63) is 35.4 Å². The molecule has 0 aromatic heterocycles. The van der Waals surface area contributed by atoms with Gasteiger partial charge in [0.15, 0.2) is 11.5 Å². The van der Waals surface area contributed by atoms with Gasteiger partial charge in [-0.1, -0.05) is 12.1 Å². The lowest BCUT2D eigenvalue weighted by atomic mass is 9.93. The molecule has 0 fully saturated rings. The van der Waals surface area contributed by atoms with Gasteiger partial charge in [0, 0.05) is 13.1 Å². The van der Waals surface area contributed by atoms with Crippen LogP contribution in [0, 0.1) is 0 Å². The van der Waals surface area contributed by atoms with Crippen LogP contribution >= 0.6 is 0 Å². The van der Waals surface area contributed by atoms with Crippen LogP contribution in [0.15, 0.2) is 24.3 Å². The van der Waals surface area contributed by atoms with Crippen molar-refractivity contribution in [2.45, 2.75) is 13.0 Å². The maximum atomic E-state index is 5.42. The number of hydrogen-bond donors (Lipinski definition) is 0. The molecule has 3 rings (SSSR count). The van der Waals surface area contributed by atoms with Crippen molar-refractivity contribution >= 4 is 10.8 Å². The number of methoxy groups -OCH3 is 2. The minimum atomic E-state index is 0.791. The van der Waals surface area contributed by atoms with Gasteiger partial charge in [0.2, 0.25) is 0 Å². The quantitative estimate of drug-likeness (QED) is 0.825. The van der Waals surface area contributed by atoms with Gasteiger partial charge in [-0.25, -0.2) is 0 Å². The van der Waals surface area contributed by atoms with Crippen molar-refractivity contribution in [2.75, 3.05) is 27.8 Å². The molecule has 19 heavy (non-hydrogen) atoms. The van der Waals surface area contributed by atoms with Crippen LogP contribution in [-0.2, 0) is 13.0 Å². The van der Waals surface area contributed by atoms with E-state index in [0.717, 1.165) is 31.0 Å². The van der Waals surface area contributed by atoms with Gasteiger partial charge in [0.1, 0.15) is 0 Å². The Balaban J connectivity index is 2.24. The first-order valence-corrected chi connectivity index (χ1v) is 6.58. The highest BCUT2D eigenvalue weighted by molar-refractivity contribution is 5.90. The van der Waals surface area contributed by atoms with Gasteiger partial charge in [-0.05, 0) is 47.5 Å². The van der Waals surface area contributed by atoms with Crippen LogP contribution in [0.4, 0.5) is 0 Å². The maximum absolute atomic E-state index is 5.42. The highest BCUT2D eigenvalue weighted by Crippen LogP contribution is 2.36. The summed E-state index contributed by atoms with van der Waals surface area (Å²) in [7, 11) is 5.53. The molecule has 1 aliphatic heterocycles. The van der Waals surface area contributed by atoms with E-state index >= 15 is 0 Å². The second-order valence-electron chi connectivity index (χ2n) is 5.12. The highest BCUT2D eigenvalue weighted by atomic mass is 16.5. The van der Waals surface area contributed by atoms with Crippen molar-refractivity contribution in [3.63, 3.8) is 0 Å². The van der Waals surface area contributed by atoms with Crippen molar-refractivity contribution in [3.8, 4) is 11.5 Å². The van der Waals surface area contributed by atoms with E-state index in [1.54, 1.807) is 14.2 Å². The van der Waals surface area contributed by atoms with E-state index < -0.39 is 0 Å². The molecule has 0 bridgehead atoms. The predicted octanol–water partition coefficient (Wildman–Crippen LogP) is 2.84. The van der Waals surface area contributed by atoms with Crippen LogP contribution in [0.3, 0.4) is 0 Å². The molecule has 2 aromatic rings. The summed E-state index contributed by atoms with van der Waals surface area (Å²) < 4.78 is 10.8. The Bertz CT molecular complexity index is 622. The average Bonchev–Trinajstić information content (AvgIpc) is 2.45. The van der Waals surface area contributed by atoms with Gasteiger partial charge in [-0.3, -0.25) is 0 Å². The Morgan fingerprint density at radius 3 is 2.53 bits per heavy atom. The number of likely N-dealkylation sites (N-methyl/N-ethyl adjacent to an activating group) is 1. The summed E-state index contributed by atoms with van der Waals surface area (Å²) in [5, 5.41) is 2.49. The molecular weight excluding hydrogens is 238 g/mol. The zero-order valence-electron chi connectivity index (χ0n) is 11.7. The van der Waals surface area contributed by atoms with Gasteiger partial charge < -0.3 is 14.4 Å². The van der Waals surface area contributed by atoms with E-state index in [4.69, 9.17) is 9.47 Å². The molecule has 0 aliphatic carbocycles. The van der Waals surface area contributed by atoms with Gasteiger partial charge in [0.05, 0.1) is 14.2 Å². The molecule has 0 amide bonds. The second-order valence-corrected chi connectivity index (χ2v) is 5.12. The Labute approximate surface area is 113 Å². The van der Waals surface area contributed by atoms with Gasteiger partial charge in [0.25, 0.3) is 0 Å². The Hall–Kier alpha value is -1.74. The molecule has 2 aromatic carbocycles. The molecule has 0 N–H and O–H groups in total. The fraction of sp³-hybridized carbons (Fsp3) is 0.375. The number of ether oxygens (including phenoxy) is 2. The maximum Gasteiger partial charge on any atom is 0.161 e. The third-order valence-electron chi connectivity index (χ3n) is 3.92. The Morgan fingerprint density at radius 1 is 1.05 bits per heavy atom. The van der Waals surface area contributed by atoms with Crippen LogP contribution in [0.5, 0.6) is 11.5 Å². The predicted molar refractivity (Wildman–Crippen MR) is 77.1 cm³/mol. The lowest BCUT2D eigenvalue weighted by Crippen LogP contribution is -2.26. The summed E-state index contributed by atoms with van der Waals surface area (Å²) in [5.74, 6) is 1.59. The lowest BCUT2D eigenvalue weighted by Gasteiger charge is -2.26. The third kappa shape index (κ3) is 2.04. The van der Waals surface area contributed by atoms with Crippen LogP contribution < -0.4 is 9.47 Å². The van der Waals surface area contributed by atoms with Crippen LogP contribution in [-0.4, -0.2) is 32.7 Å². The average molecular weight is 257 g/mol. The van der Waals surface area contributed by atoms with E-state index in [0.29, 0.717) is 0 Å². The largest absolute Gasteiger partial charge is 0.493 e. The number of rotatable bonds is 2. The molecule has 1 heterocycles. The summed E-state index contributed by atoms with van der Waals surface area (Å²) in [6, 6.07) is 8.59. The fourth-order valence-corrected chi connectivity index (χ4v) is 2.84. The number of benzene rings is 2. The molecule has 0 atom stereocenters. The summed E-state index contributed by atoms with van der Waals surface area (Å²) in [6.45, 7) is 2.13. The van der Waals surface area contributed by atoms with Gasteiger partial charge in [-0.2, -0.15) is 0 Å². The van der Waals surface area contributed by atoms with E-state index in [9.17, 15) is 0 Å². The molecular formula is C16H19NO2. The number of nitrogens with zero attached hydrogens (tertiary/aromatic N) is 1. The third-order valence-corrected chi connectivity index (χ3v) is 3.92. The van der Waals surface area contributed by atoms with Crippen molar-refractivity contribution in [1.29, 1.82) is 0 Å². The second kappa shape index (κ2) is 4.74. The van der Waals surface area contributed by atoms with E-state index in [1.807, 2.05) is 0 Å². The first-order chi connectivity index (χ1) is 9.22. The Kier molecular flexibility index (Phi) is 3.07. The Morgan fingerprint density at radius 2 is 1.79 bits per heavy atom. The molecule has 0 saturated heterocycles. The summed E-state index contributed by atoms with van der Waals surface area (Å²) in [6.07, 6.45) is 1.12.